The van der Waals surface area contributed by atoms with Gasteiger partial charge in [0.2, 0.25) is 12.3 Å². The third-order valence-corrected chi connectivity index (χ3v) is 4.52. The Balaban J connectivity index is 1.87. The predicted octanol–water partition coefficient (Wildman–Crippen LogP) is 2.88. The maximum absolute atomic E-state index is 13.1. The zero-order valence-corrected chi connectivity index (χ0v) is 14.5. The molecule has 0 unspecified atom stereocenters. The van der Waals surface area contributed by atoms with Gasteiger partial charge in [-0.25, -0.2) is 23.3 Å². The van der Waals surface area contributed by atoms with Gasteiger partial charge in [0, 0.05) is 17.7 Å². The van der Waals surface area contributed by atoms with Gasteiger partial charge < -0.3 is 9.47 Å². The van der Waals surface area contributed by atoms with Crippen molar-refractivity contribution in [2.45, 2.75) is 25.7 Å². The molecule has 9 heteroatoms. The van der Waals surface area contributed by atoms with E-state index in [-0.39, 0.29) is 11.9 Å². The standard InChI is InChI=1S/C17H17F2N5O2/c1-8-7-24-15(21-8)11(9-4-10(9)14(18)19)5-13(23-24)12-6-20-17(26-3)22-16(12)25-2/h5-7,9-10,14H,4H2,1-3H3/t9-,10-/m0/s1. The molecule has 1 fully saturated rings. The molecular weight excluding hydrogens is 344 g/mol. The second kappa shape index (κ2) is 6.15. The molecule has 0 bridgehead atoms. The Bertz CT molecular complexity index is 975. The third-order valence-electron chi connectivity index (χ3n) is 4.52. The van der Waals surface area contributed by atoms with Crippen LogP contribution in [-0.2, 0) is 0 Å². The first-order chi connectivity index (χ1) is 12.5. The maximum Gasteiger partial charge on any atom is 0.319 e. The molecule has 0 amide bonds. The normalized spacial score (nSPS) is 19.2. The lowest BCUT2D eigenvalue weighted by Gasteiger charge is -2.10. The van der Waals surface area contributed by atoms with Crippen LogP contribution in [0, 0.1) is 12.8 Å². The van der Waals surface area contributed by atoms with Crippen LogP contribution in [-0.4, -0.2) is 45.2 Å². The van der Waals surface area contributed by atoms with Crippen LogP contribution in [0.3, 0.4) is 0 Å². The van der Waals surface area contributed by atoms with Crippen molar-refractivity contribution in [3.63, 3.8) is 0 Å². The number of hydrogen-bond donors (Lipinski definition) is 0. The fraction of sp³-hybridized carbons (Fsp3) is 0.412. The molecule has 3 aromatic heterocycles. The predicted molar refractivity (Wildman–Crippen MR) is 88.7 cm³/mol. The van der Waals surface area contributed by atoms with E-state index in [1.165, 1.54) is 14.2 Å². The molecule has 0 aromatic carbocycles. The van der Waals surface area contributed by atoms with E-state index >= 15 is 0 Å². The minimum atomic E-state index is -2.34. The number of imidazole rings is 1. The Hall–Kier alpha value is -2.84. The zero-order chi connectivity index (χ0) is 18.4. The Kier molecular flexibility index (Phi) is 3.93. The second-order valence-corrected chi connectivity index (χ2v) is 6.26. The Morgan fingerprint density at radius 2 is 2.04 bits per heavy atom. The summed E-state index contributed by atoms with van der Waals surface area (Å²) in [7, 11) is 2.95. The highest BCUT2D eigenvalue weighted by atomic mass is 19.3. The van der Waals surface area contributed by atoms with Crippen LogP contribution in [0.2, 0.25) is 0 Å². The molecule has 136 valence electrons. The van der Waals surface area contributed by atoms with Crippen LogP contribution in [0.5, 0.6) is 11.9 Å². The van der Waals surface area contributed by atoms with E-state index in [0.29, 0.717) is 29.2 Å². The summed E-state index contributed by atoms with van der Waals surface area (Å²) in [6, 6.07) is 1.95. The molecule has 0 saturated heterocycles. The Labute approximate surface area is 148 Å². The van der Waals surface area contributed by atoms with Gasteiger partial charge >= 0.3 is 6.01 Å². The first-order valence-electron chi connectivity index (χ1n) is 8.12. The van der Waals surface area contributed by atoms with Crippen LogP contribution in [0.1, 0.15) is 23.6 Å². The van der Waals surface area contributed by atoms with Crippen LogP contribution < -0.4 is 9.47 Å². The highest BCUT2D eigenvalue weighted by Gasteiger charge is 2.46. The molecule has 1 saturated carbocycles. The van der Waals surface area contributed by atoms with Gasteiger partial charge in [0.15, 0.2) is 5.65 Å². The van der Waals surface area contributed by atoms with Gasteiger partial charge in [-0.1, -0.05) is 0 Å². The number of fused-ring (bicyclic) bond motifs is 1. The summed E-state index contributed by atoms with van der Waals surface area (Å²) in [5.74, 6) is -0.570. The molecule has 0 aliphatic heterocycles. The highest BCUT2D eigenvalue weighted by molar-refractivity contribution is 5.68. The fourth-order valence-electron chi connectivity index (χ4n) is 3.15. The molecule has 2 atom stereocenters. The number of hydrogen-bond acceptors (Lipinski definition) is 6. The van der Waals surface area contributed by atoms with Crippen molar-refractivity contribution in [1.29, 1.82) is 0 Å². The highest BCUT2D eigenvalue weighted by Crippen LogP contribution is 2.52. The number of aromatic nitrogens is 5. The first kappa shape index (κ1) is 16.6. The van der Waals surface area contributed by atoms with Crippen LogP contribution in [0.25, 0.3) is 16.9 Å². The summed E-state index contributed by atoms with van der Waals surface area (Å²) >= 11 is 0. The lowest BCUT2D eigenvalue weighted by Crippen LogP contribution is -2.03. The largest absolute Gasteiger partial charge is 0.480 e. The monoisotopic (exact) mass is 361 g/mol. The van der Waals surface area contributed by atoms with E-state index < -0.39 is 12.3 Å². The van der Waals surface area contributed by atoms with Crippen molar-refractivity contribution in [3.8, 4) is 23.1 Å². The maximum atomic E-state index is 13.1. The van der Waals surface area contributed by atoms with Gasteiger partial charge in [-0.15, -0.1) is 0 Å². The van der Waals surface area contributed by atoms with Gasteiger partial charge in [0.05, 0.1) is 37.4 Å². The van der Waals surface area contributed by atoms with Crippen LogP contribution in [0.15, 0.2) is 18.5 Å². The van der Waals surface area contributed by atoms with Gasteiger partial charge in [-0.05, 0) is 25.3 Å². The van der Waals surface area contributed by atoms with Crippen LogP contribution >= 0.6 is 0 Å². The Morgan fingerprint density at radius 1 is 1.23 bits per heavy atom. The summed E-state index contributed by atoms with van der Waals surface area (Å²) in [5.41, 5.74) is 3.21. The summed E-state index contributed by atoms with van der Waals surface area (Å²) in [6.07, 6.45) is 1.41. The second-order valence-electron chi connectivity index (χ2n) is 6.26. The van der Waals surface area contributed by atoms with E-state index in [4.69, 9.17) is 9.47 Å². The molecule has 3 aromatic rings. The third kappa shape index (κ3) is 2.73. The zero-order valence-electron chi connectivity index (χ0n) is 14.5. The first-order valence-corrected chi connectivity index (χ1v) is 8.12. The summed E-state index contributed by atoms with van der Waals surface area (Å²) in [4.78, 5) is 12.7. The number of ether oxygens (including phenoxy) is 2. The van der Waals surface area contributed by atoms with Crippen molar-refractivity contribution >= 4 is 5.65 Å². The molecule has 3 heterocycles. The molecule has 0 N–H and O–H groups in total. The van der Waals surface area contributed by atoms with Crippen molar-refractivity contribution in [1.82, 2.24) is 24.6 Å². The number of halogens is 2. The molecule has 1 aliphatic carbocycles. The van der Waals surface area contributed by atoms with Gasteiger partial charge in [-0.2, -0.15) is 10.1 Å². The topological polar surface area (TPSA) is 74.4 Å². The molecule has 1 aliphatic rings. The van der Waals surface area contributed by atoms with Crippen molar-refractivity contribution < 1.29 is 18.3 Å². The average molecular weight is 361 g/mol. The Morgan fingerprint density at radius 3 is 2.69 bits per heavy atom. The summed E-state index contributed by atoms with van der Waals surface area (Å²) < 4.78 is 38.1. The summed E-state index contributed by atoms with van der Waals surface area (Å²) in [6.45, 7) is 1.84. The average Bonchev–Trinajstić information content (AvgIpc) is 3.35. The minimum Gasteiger partial charge on any atom is -0.480 e. The lowest BCUT2D eigenvalue weighted by atomic mass is 10.1. The summed E-state index contributed by atoms with van der Waals surface area (Å²) in [5, 5.41) is 4.54. The number of rotatable bonds is 5. The van der Waals surface area contributed by atoms with Gasteiger partial charge in [0.25, 0.3) is 0 Å². The van der Waals surface area contributed by atoms with E-state index in [1.807, 2.05) is 6.92 Å². The fourth-order valence-corrected chi connectivity index (χ4v) is 3.15. The number of nitrogens with zero attached hydrogens (tertiary/aromatic N) is 5. The molecule has 26 heavy (non-hydrogen) atoms. The quantitative estimate of drug-likeness (QED) is 0.696. The molecule has 7 nitrogen and oxygen atoms in total. The molecule has 0 radical (unpaired) electrons. The van der Waals surface area contributed by atoms with E-state index in [9.17, 15) is 8.78 Å². The van der Waals surface area contributed by atoms with E-state index in [1.54, 1.807) is 23.0 Å². The molecule has 4 rings (SSSR count). The van der Waals surface area contributed by atoms with Crippen molar-refractivity contribution in [2.24, 2.45) is 5.92 Å². The number of alkyl halides is 2. The molecular formula is C17H17F2N5O2. The smallest absolute Gasteiger partial charge is 0.319 e. The van der Waals surface area contributed by atoms with Crippen molar-refractivity contribution in [3.05, 3.63) is 29.7 Å². The van der Waals surface area contributed by atoms with Gasteiger partial charge in [-0.3, -0.25) is 0 Å². The van der Waals surface area contributed by atoms with Crippen molar-refractivity contribution in [2.75, 3.05) is 14.2 Å². The van der Waals surface area contributed by atoms with E-state index in [2.05, 4.69) is 20.1 Å². The molecule has 0 spiro atoms. The van der Waals surface area contributed by atoms with E-state index in [0.717, 1.165) is 11.3 Å². The lowest BCUT2D eigenvalue weighted by molar-refractivity contribution is 0.120. The van der Waals surface area contributed by atoms with Gasteiger partial charge in [0.1, 0.15) is 0 Å². The SMILES string of the molecule is COc1ncc(-c2cc([C@H]3C[C@@H]3C(F)F)c3nc(C)cn3n2)c(OC)n1. The number of aryl methyl sites for hydroxylation is 1. The number of methoxy groups -OCH3 is 2. The minimum absolute atomic E-state index is 0.172. The van der Waals surface area contributed by atoms with Crippen LogP contribution in [0.4, 0.5) is 8.78 Å².